The summed E-state index contributed by atoms with van der Waals surface area (Å²) in [5.41, 5.74) is 8.84. The number of piperidine rings is 1. The first-order valence-corrected chi connectivity index (χ1v) is 11.6. The molecule has 5 rings (SSSR count). The van der Waals surface area contributed by atoms with Gasteiger partial charge in [-0.05, 0) is 55.5 Å². The molecule has 3 N–H and O–H groups in total. The molecule has 2 aliphatic rings. The van der Waals surface area contributed by atoms with Crippen molar-refractivity contribution in [2.24, 2.45) is 5.73 Å². The Morgan fingerprint density at radius 2 is 1.97 bits per heavy atom. The third kappa shape index (κ3) is 4.65. The SMILES string of the molecule is NC(=O)Cc1cccc(N2CC[C@H](NC(=O)[C@@H]3CCCCN3c3nc4ccccc4o3)C2)c1. The molecule has 0 aliphatic carbocycles. The van der Waals surface area contributed by atoms with Crippen LogP contribution in [-0.4, -0.2) is 48.5 Å². The summed E-state index contributed by atoms with van der Waals surface area (Å²) >= 11 is 0. The highest BCUT2D eigenvalue weighted by molar-refractivity contribution is 5.86. The molecule has 0 bridgehead atoms. The van der Waals surface area contributed by atoms with Crippen LogP contribution in [0.1, 0.15) is 31.2 Å². The van der Waals surface area contributed by atoms with Crippen molar-refractivity contribution in [1.82, 2.24) is 10.3 Å². The average molecular weight is 448 g/mol. The fourth-order valence-corrected chi connectivity index (χ4v) is 4.89. The van der Waals surface area contributed by atoms with Crippen molar-refractivity contribution in [3.05, 3.63) is 54.1 Å². The fraction of sp³-hybridized carbons (Fsp3) is 0.400. The van der Waals surface area contributed by atoms with Gasteiger partial charge in [-0.2, -0.15) is 4.98 Å². The van der Waals surface area contributed by atoms with Crippen LogP contribution >= 0.6 is 0 Å². The summed E-state index contributed by atoms with van der Waals surface area (Å²) in [5, 5.41) is 3.26. The van der Waals surface area contributed by atoms with Gasteiger partial charge in [0, 0.05) is 31.4 Å². The van der Waals surface area contributed by atoms with Gasteiger partial charge in [-0.15, -0.1) is 0 Å². The van der Waals surface area contributed by atoms with Crippen LogP contribution < -0.4 is 20.9 Å². The van der Waals surface area contributed by atoms with Crippen molar-refractivity contribution in [3.8, 4) is 0 Å². The molecule has 0 radical (unpaired) electrons. The van der Waals surface area contributed by atoms with E-state index < -0.39 is 0 Å². The molecule has 2 atom stereocenters. The molecule has 0 spiro atoms. The Bertz CT molecular complexity index is 1130. The summed E-state index contributed by atoms with van der Waals surface area (Å²) in [4.78, 5) is 33.4. The maximum absolute atomic E-state index is 13.3. The van der Waals surface area contributed by atoms with Gasteiger partial charge in [-0.25, -0.2) is 0 Å². The van der Waals surface area contributed by atoms with Crippen molar-refractivity contribution in [3.63, 3.8) is 0 Å². The van der Waals surface area contributed by atoms with Gasteiger partial charge in [0.15, 0.2) is 5.58 Å². The lowest BCUT2D eigenvalue weighted by molar-refractivity contribution is -0.123. The van der Waals surface area contributed by atoms with Crippen LogP contribution in [0.15, 0.2) is 52.9 Å². The van der Waals surface area contributed by atoms with Gasteiger partial charge in [-0.3, -0.25) is 9.59 Å². The number of rotatable bonds is 6. The molecule has 2 aliphatic heterocycles. The van der Waals surface area contributed by atoms with Gasteiger partial charge in [-0.1, -0.05) is 24.3 Å². The Kier molecular flexibility index (Phi) is 5.90. The number of nitrogens with zero attached hydrogens (tertiary/aromatic N) is 3. The number of fused-ring (bicyclic) bond motifs is 1. The topological polar surface area (TPSA) is 105 Å². The fourth-order valence-electron chi connectivity index (χ4n) is 4.89. The van der Waals surface area contributed by atoms with Gasteiger partial charge in [0.1, 0.15) is 11.6 Å². The molecule has 2 saturated heterocycles. The predicted molar refractivity (Wildman–Crippen MR) is 127 cm³/mol. The van der Waals surface area contributed by atoms with Gasteiger partial charge >= 0.3 is 0 Å². The summed E-state index contributed by atoms with van der Waals surface area (Å²) in [6.45, 7) is 2.35. The number of nitrogens with one attached hydrogen (secondary N) is 1. The molecule has 8 nitrogen and oxygen atoms in total. The van der Waals surface area contributed by atoms with E-state index in [1.807, 2.05) is 53.4 Å². The molecule has 0 unspecified atom stereocenters. The number of hydrogen-bond acceptors (Lipinski definition) is 6. The predicted octanol–water partition coefficient (Wildman–Crippen LogP) is 2.61. The minimum atomic E-state index is -0.338. The largest absolute Gasteiger partial charge is 0.423 e. The molecular formula is C25H29N5O3. The third-order valence-corrected chi connectivity index (χ3v) is 6.52. The molecule has 33 heavy (non-hydrogen) atoms. The van der Waals surface area contributed by atoms with Crippen molar-refractivity contribution in [1.29, 1.82) is 0 Å². The van der Waals surface area contributed by atoms with Crippen molar-refractivity contribution >= 4 is 34.6 Å². The summed E-state index contributed by atoms with van der Waals surface area (Å²) in [6.07, 6.45) is 3.92. The lowest BCUT2D eigenvalue weighted by Gasteiger charge is -2.34. The van der Waals surface area contributed by atoms with E-state index in [-0.39, 0.29) is 30.3 Å². The summed E-state index contributed by atoms with van der Waals surface area (Å²) in [6, 6.07) is 15.9. The van der Waals surface area contributed by atoms with E-state index in [1.54, 1.807) is 0 Å². The third-order valence-electron chi connectivity index (χ3n) is 6.52. The van der Waals surface area contributed by atoms with E-state index in [0.717, 1.165) is 67.7 Å². The second-order valence-electron chi connectivity index (χ2n) is 8.92. The van der Waals surface area contributed by atoms with E-state index in [2.05, 4.69) is 15.2 Å². The molecular weight excluding hydrogens is 418 g/mol. The highest BCUT2D eigenvalue weighted by atomic mass is 16.4. The Hall–Kier alpha value is -3.55. The molecule has 8 heteroatoms. The van der Waals surface area contributed by atoms with Crippen LogP contribution in [0.25, 0.3) is 11.1 Å². The smallest absolute Gasteiger partial charge is 0.299 e. The summed E-state index contributed by atoms with van der Waals surface area (Å²) in [7, 11) is 0. The van der Waals surface area contributed by atoms with Crippen molar-refractivity contribution in [2.45, 2.75) is 44.2 Å². The Morgan fingerprint density at radius 3 is 2.82 bits per heavy atom. The number of para-hydroxylation sites is 2. The maximum Gasteiger partial charge on any atom is 0.299 e. The monoisotopic (exact) mass is 447 g/mol. The molecule has 1 aromatic heterocycles. The molecule has 2 fully saturated rings. The standard InChI is InChI=1S/C25H29N5O3/c26-23(31)15-17-6-5-7-19(14-17)29-13-11-18(16-29)27-24(32)21-9-3-4-12-30(21)25-28-20-8-1-2-10-22(20)33-25/h1-2,5-8,10,14,18,21H,3-4,9,11-13,15-16H2,(H2,26,31)(H,27,32)/t18-,21-/m0/s1. The van der Waals surface area contributed by atoms with E-state index in [1.165, 1.54) is 0 Å². The van der Waals surface area contributed by atoms with Crippen molar-refractivity contribution < 1.29 is 14.0 Å². The Morgan fingerprint density at radius 1 is 1.09 bits per heavy atom. The number of nitrogens with two attached hydrogens (primary N) is 1. The number of oxazole rings is 1. The van der Waals surface area contributed by atoms with Crippen LogP contribution in [0.3, 0.4) is 0 Å². The number of anilines is 2. The van der Waals surface area contributed by atoms with E-state index in [4.69, 9.17) is 10.2 Å². The van der Waals surface area contributed by atoms with Gasteiger partial charge in [0.05, 0.1) is 6.42 Å². The van der Waals surface area contributed by atoms with Gasteiger partial charge < -0.3 is 25.3 Å². The van der Waals surface area contributed by atoms with Crippen molar-refractivity contribution in [2.75, 3.05) is 29.4 Å². The van der Waals surface area contributed by atoms with E-state index in [9.17, 15) is 9.59 Å². The normalized spacial score (nSPS) is 20.8. The van der Waals surface area contributed by atoms with E-state index in [0.29, 0.717) is 6.01 Å². The van der Waals surface area contributed by atoms with Crippen LogP contribution in [0, 0.1) is 0 Å². The molecule has 172 valence electrons. The zero-order valence-electron chi connectivity index (χ0n) is 18.6. The molecule has 3 aromatic rings. The van der Waals surface area contributed by atoms with Crippen LogP contribution in [0.4, 0.5) is 11.7 Å². The molecule has 3 heterocycles. The molecule has 0 saturated carbocycles. The lowest BCUT2D eigenvalue weighted by atomic mass is 10.0. The number of benzene rings is 2. The van der Waals surface area contributed by atoms with Gasteiger partial charge in [0.2, 0.25) is 11.8 Å². The number of aromatic nitrogens is 1. The second-order valence-corrected chi connectivity index (χ2v) is 8.92. The number of carbonyl (C=O) groups excluding carboxylic acids is 2. The summed E-state index contributed by atoms with van der Waals surface area (Å²) < 4.78 is 5.97. The van der Waals surface area contributed by atoms with Crippen LogP contribution in [-0.2, 0) is 16.0 Å². The Labute approximate surface area is 192 Å². The number of hydrogen-bond donors (Lipinski definition) is 2. The summed E-state index contributed by atoms with van der Waals surface area (Å²) in [5.74, 6) is -0.305. The second kappa shape index (κ2) is 9.13. The van der Waals surface area contributed by atoms with E-state index >= 15 is 0 Å². The lowest BCUT2D eigenvalue weighted by Crippen LogP contribution is -2.52. The maximum atomic E-state index is 13.3. The first-order valence-electron chi connectivity index (χ1n) is 11.6. The zero-order chi connectivity index (χ0) is 22.8. The minimum Gasteiger partial charge on any atom is -0.423 e. The average Bonchev–Trinajstić information content (AvgIpc) is 3.46. The number of carbonyl (C=O) groups is 2. The van der Waals surface area contributed by atoms with Crippen LogP contribution in [0.5, 0.6) is 0 Å². The van der Waals surface area contributed by atoms with Gasteiger partial charge in [0.25, 0.3) is 6.01 Å². The zero-order valence-corrected chi connectivity index (χ0v) is 18.6. The first-order chi connectivity index (χ1) is 16.1. The minimum absolute atomic E-state index is 0.0336. The highest BCUT2D eigenvalue weighted by Gasteiger charge is 2.34. The number of amides is 2. The Balaban J connectivity index is 1.24. The quantitative estimate of drug-likeness (QED) is 0.602. The number of primary amides is 1. The first kappa shape index (κ1) is 21.3. The molecule has 2 amide bonds. The highest BCUT2D eigenvalue weighted by Crippen LogP contribution is 2.28. The molecule has 2 aromatic carbocycles. The van der Waals surface area contributed by atoms with Crippen LogP contribution in [0.2, 0.25) is 0 Å².